The third-order valence-electron chi connectivity index (χ3n) is 5.37. The van der Waals surface area contributed by atoms with E-state index in [4.69, 9.17) is 5.73 Å². The summed E-state index contributed by atoms with van der Waals surface area (Å²) in [6.45, 7) is 3.25. The van der Waals surface area contributed by atoms with Crippen LogP contribution in [-0.2, 0) is 0 Å². The van der Waals surface area contributed by atoms with Crippen LogP contribution in [0.3, 0.4) is 0 Å². The third-order valence-corrected chi connectivity index (χ3v) is 5.37. The summed E-state index contributed by atoms with van der Waals surface area (Å²) >= 11 is 0. The molecule has 2 aliphatic rings. The van der Waals surface area contributed by atoms with E-state index in [1.165, 1.54) is 49.7 Å². The number of hydrogen-bond acceptors (Lipinski definition) is 3. The van der Waals surface area contributed by atoms with E-state index >= 15 is 0 Å². The van der Waals surface area contributed by atoms with Gasteiger partial charge in [-0.25, -0.2) is 0 Å². The van der Waals surface area contributed by atoms with Gasteiger partial charge < -0.3 is 10.6 Å². The molecule has 3 nitrogen and oxygen atoms in total. The van der Waals surface area contributed by atoms with Crippen LogP contribution < -0.4 is 10.6 Å². The third kappa shape index (κ3) is 2.06. The monoisotopic (exact) mass is 281 g/mol. The Morgan fingerprint density at radius 3 is 2.90 bits per heavy atom. The molecule has 1 aromatic heterocycles. The van der Waals surface area contributed by atoms with Crippen LogP contribution in [0.2, 0.25) is 0 Å². The summed E-state index contributed by atoms with van der Waals surface area (Å²) in [5, 5.41) is 2.37. The number of rotatable bonds is 1. The van der Waals surface area contributed by atoms with Crippen molar-refractivity contribution in [1.82, 2.24) is 4.98 Å². The van der Waals surface area contributed by atoms with Crippen molar-refractivity contribution >= 4 is 22.1 Å². The van der Waals surface area contributed by atoms with E-state index in [2.05, 4.69) is 28.9 Å². The molecule has 110 valence electrons. The van der Waals surface area contributed by atoms with Crippen LogP contribution in [0.4, 0.5) is 11.4 Å². The van der Waals surface area contributed by atoms with Gasteiger partial charge in [0, 0.05) is 46.6 Å². The largest absolute Gasteiger partial charge is 0.398 e. The minimum absolute atomic E-state index is 0.735. The smallest absolute Gasteiger partial charge is 0.0451 e. The highest BCUT2D eigenvalue weighted by atomic mass is 15.2. The predicted molar refractivity (Wildman–Crippen MR) is 88.6 cm³/mol. The molecule has 1 aliphatic heterocycles. The highest BCUT2D eigenvalue weighted by Gasteiger charge is 2.36. The van der Waals surface area contributed by atoms with Gasteiger partial charge in [0.1, 0.15) is 0 Å². The van der Waals surface area contributed by atoms with Gasteiger partial charge in [0.2, 0.25) is 0 Å². The number of nitrogen functional groups attached to an aromatic ring is 1. The van der Waals surface area contributed by atoms with E-state index in [0.717, 1.165) is 28.7 Å². The van der Waals surface area contributed by atoms with Crippen molar-refractivity contribution in [3.8, 4) is 0 Å². The Kier molecular flexibility index (Phi) is 3.02. The van der Waals surface area contributed by atoms with E-state index in [1.807, 2.05) is 12.3 Å². The van der Waals surface area contributed by atoms with E-state index in [9.17, 15) is 0 Å². The van der Waals surface area contributed by atoms with Crippen molar-refractivity contribution in [1.29, 1.82) is 0 Å². The molecule has 1 saturated heterocycles. The molecule has 2 atom stereocenters. The Morgan fingerprint density at radius 1 is 1.14 bits per heavy atom. The zero-order valence-corrected chi connectivity index (χ0v) is 12.7. The minimum atomic E-state index is 0.735. The average Bonchev–Trinajstić information content (AvgIpc) is 2.91. The van der Waals surface area contributed by atoms with Gasteiger partial charge in [-0.1, -0.05) is 12.8 Å². The first-order valence-electron chi connectivity index (χ1n) is 8.15. The van der Waals surface area contributed by atoms with Crippen molar-refractivity contribution in [2.75, 3.05) is 17.2 Å². The molecule has 1 aliphatic carbocycles. The molecule has 21 heavy (non-hydrogen) atoms. The fourth-order valence-electron chi connectivity index (χ4n) is 4.31. The van der Waals surface area contributed by atoms with Gasteiger partial charge in [-0.15, -0.1) is 0 Å². The first kappa shape index (κ1) is 12.9. The quantitative estimate of drug-likeness (QED) is 0.806. The Morgan fingerprint density at radius 2 is 2.00 bits per heavy atom. The van der Waals surface area contributed by atoms with Crippen LogP contribution in [-0.4, -0.2) is 17.6 Å². The second-order valence-corrected chi connectivity index (χ2v) is 6.64. The number of nitrogens with zero attached hydrogens (tertiary/aromatic N) is 2. The van der Waals surface area contributed by atoms with Crippen LogP contribution in [0.25, 0.3) is 10.8 Å². The van der Waals surface area contributed by atoms with Crippen LogP contribution in [0.15, 0.2) is 24.4 Å². The number of hydrogen-bond donors (Lipinski definition) is 1. The first-order valence-corrected chi connectivity index (χ1v) is 8.15. The van der Waals surface area contributed by atoms with E-state index in [-0.39, 0.29) is 0 Å². The Hall–Kier alpha value is -1.77. The summed E-state index contributed by atoms with van der Waals surface area (Å²) in [7, 11) is 0. The van der Waals surface area contributed by atoms with E-state index < -0.39 is 0 Å². The SMILES string of the molecule is Cc1cc2c(N3CCC4CCCCC43)ccc(N)c2cn1. The maximum atomic E-state index is 6.15. The number of fused-ring (bicyclic) bond motifs is 2. The maximum Gasteiger partial charge on any atom is 0.0451 e. The molecule has 0 bridgehead atoms. The Balaban J connectivity index is 1.83. The number of anilines is 2. The van der Waals surface area contributed by atoms with Crippen LogP contribution >= 0.6 is 0 Å². The number of nitrogens with two attached hydrogens (primary N) is 1. The number of aromatic nitrogens is 1. The molecule has 0 radical (unpaired) electrons. The second kappa shape index (κ2) is 4.90. The van der Waals surface area contributed by atoms with Crippen LogP contribution in [0, 0.1) is 12.8 Å². The Bertz CT molecular complexity index is 679. The molecule has 3 heteroatoms. The molecule has 2 fully saturated rings. The van der Waals surface area contributed by atoms with Crippen molar-refractivity contribution in [3.63, 3.8) is 0 Å². The van der Waals surface area contributed by atoms with Crippen molar-refractivity contribution in [2.24, 2.45) is 5.92 Å². The molecule has 1 saturated carbocycles. The van der Waals surface area contributed by atoms with Gasteiger partial charge in [-0.2, -0.15) is 0 Å². The summed E-state index contributed by atoms with van der Waals surface area (Å²) in [5.41, 5.74) is 9.40. The van der Waals surface area contributed by atoms with Gasteiger partial charge in [0.25, 0.3) is 0 Å². The number of pyridine rings is 1. The predicted octanol–water partition coefficient (Wildman–Crippen LogP) is 3.89. The summed E-state index contributed by atoms with van der Waals surface area (Å²) in [6.07, 6.45) is 8.83. The van der Waals surface area contributed by atoms with E-state index in [1.54, 1.807) is 0 Å². The summed E-state index contributed by atoms with van der Waals surface area (Å²) in [5.74, 6) is 0.897. The zero-order chi connectivity index (χ0) is 14.4. The summed E-state index contributed by atoms with van der Waals surface area (Å²) in [6, 6.07) is 7.19. The van der Waals surface area contributed by atoms with E-state index in [0.29, 0.717) is 0 Å². The van der Waals surface area contributed by atoms with Crippen LogP contribution in [0.1, 0.15) is 37.8 Å². The Labute approximate surface area is 126 Å². The summed E-state index contributed by atoms with van der Waals surface area (Å²) < 4.78 is 0. The highest BCUT2D eigenvalue weighted by Crippen LogP contribution is 2.41. The lowest BCUT2D eigenvalue weighted by Crippen LogP contribution is -2.34. The lowest BCUT2D eigenvalue weighted by Gasteiger charge is -2.34. The fourth-order valence-corrected chi connectivity index (χ4v) is 4.31. The molecule has 2 unspecified atom stereocenters. The van der Waals surface area contributed by atoms with Crippen molar-refractivity contribution in [3.05, 3.63) is 30.1 Å². The number of benzene rings is 1. The lowest BCUT2D eigenvalue weighted by molar-refractivity contribution is 0.342. The molecule has 2 N–H and O–H groups in total. The molecule has 0 amide bonds. The van der Waals surface area contributed by atoms with Gasteiger partial charge in [0.15, 0.2) is 0 Å². The summed E-state index contributed by atoms with van der Waals surface area (Å²) in [4.78, 5) is 7.06. The zero-order valence-electron chi connectivity index (χ0n) is 12.7. The molecule has 2 aromatic rings. The number of aryl methyl sites for hydroxylation is 1. The first-order chi connectivity index (χ1) is 10.2. The standard InChI is InChI=1S/C18H23N3/c1-12-10-14-15(11-20-12)16(19)6-7-18(14)21-9-8-13-4-2-3-5-17(13)21/h6-7,10-11,13,17H,2-5,8-9,19H2,1H3. The molecular weight excluding hydrogens is 258 g/mol. The average molecular weight is 281 g/mol. The van der Waals surface area contributed by atoms with Gasteiger partial charge in [-0.05, 0) is 50.3 Å². The van der Waals surface area contributed by atoms with Gasteiger partial charge in [0.05, 0.1) is 0 Å². The lowest BCUT2D eigenvalue weighted by atomic mass is 9.85. The highest BCUT2D eigenvalue weighted by molar-refractivity contribution is 6.01. The van der Waals surface area contributed by atoms with Crippen LogP contribution in [0.5, 0.6) is 0 Å². The normalized spacial score (nSPS) is 25.3. The second-order valence-electron chi connectivity index (χ2n) is 6.64. The van der Waals surface area contributed by atoms with Gasteiger partial charge >= 0.3 is 0 Å². The fraction of sp³-hybridized carbons (Fsp3) is 0.500. The maximum absolute atomic E-state index is 6.15. The molecule has 1 aromatic carbocycles. The van der Waals surface area contributed by atoms with Crippen molar-refractivity contribution < 1.29 is 0 Å². The molecule has 0 spiro atoms. The van der Waals surface area contributed by atoms with Gasteiger partial charge in [-0.3, -0.25) is 4.98 Å². The minimum Gasteiger partial charge on any atom is -0.398 e. The molecule has 2 heterocycles. The topological polar surface area (TPSA) is 42.1 Å². The molecule has 4 rings (SSSR count). The van der Waals surface area contributed by atoms with Crippen molar-refractivity contribution in [2.45, 2.75) is 45.1 Å². The molecular formula is C18H23N3.